The molecule has 2 aromatic heterocycles. The van der Waals surface area contributed by atoms with E-state index >= 15 is 0 Å². The highest BCUT2D eigenvalue weighted by molar-refractivity contribution is 6.00. The number of carbonyl (C=O) groups is 1. The molecule has 1 fully saturated rings. The molecule has 8 nitrogen and oxygen atoms in total. The van der Waals surface area contributed by atoms with Gasteiger partial charge in [0.2, 0.25) is 0 Å². The average Bonchev–Trinajstić information content (AvgIpc) is 3.57. The molecule has 5 rings (SSSR count). The summed E-state index contributed by atoms with van der Waals surface area (Å²) in [7, 11) is 1.62. The quantitative estimate of drug-likeness (QED) is 0.401. The second-order valence-electron chi connectivity index (χ2n) is 8.69. The number of nitrogens with one attached hydrogen (secondary N) is 1. The first-order valence-corrected chi connectivity index (χ1v) is 12.1. The maximum absolute atomic E-state index is 13.6. The zero-order valence-electron chi connectivity index (χ0n) is 20.5. The van der Waals surface area contributed by atoms with Crippen LogP contribution in [0.4, 0.5) is 0 Å². The molecule has 1 aliphatic rings. The van der Waals surface area contributed by atoms with Gasteiger partial charge >= 0.3 is 0 Å². The van der Waals surface area contributed by atoms with Gasteiger partial charge in [0.05, 0.1) is 37.6 Å². The van der Waals surface area contributed by atoms with E-state index in [-0.39, 0.29) is 11.9 Å². The minimum Gasteiger partial charge on any atom is -0.496 e. The molecule has 4 aromatic rings. The van der Waals surface area contributed by atoms with Crippen molar-refractivity contribution in [3.8, 4) is 22.7 Å². The largest absolute Gasteiger partial charge is 0.496 e. The van der Waals surface area contributed by atoms with Crippen molar-refractivity contribution < 1.29 is 18.7 Å². The molecule has 1 saturated heterocycles. The Hall–Kier alpha value is -3.88. The molecule has 0 spiro atoms. The summed E-state index contributed by atoms with van der Waals surface area (Å²) < 4.78 is 18.8. The van der Waals surface area contributed by atoms with Gasteiger partial charge in [-0.1, -0.05) is 30.3 Å². The van der Waals surface area contributed by atoms with E-state index in [1.54, 1.807) is 18.0 Å². The van der Waals surface area contributed by atoms with Crippen molar-refractivity contribution in [2.45, 2.75) is 13.0 Å². The van der Waals surface area contributed by atoms with Crippen molar-refractivity contribution in [1.29, 1.82) is 0 Å². The molecule has 1 N–H and O–H groups in total. The lowest BCUT2D eigenvalue weighted by molar-refractivity contribution is 0.0117. The standard InChI is InChI=1S/C28H30N4O4/c1-20-12-13-26(36-20)24(31-14-16-35-17-15-31)18-29-28(33)23-19-32(21-8-4-3-5-9-21)30-27(23)22-10-6-7-11-25(22)34-2/h3-13,19,24H,14-18H2,1-2H3,(H,29,33). The number of benzene rings is 2. The Bertz CT molecular complexity index is 1310. The number of furan rings is 1. The summed E-state index contributed by atoms with van der Waals surface area (Å²) in [5, 5.41) is 7.93. The first-order chi connectivity index (χ1) is 17.6. The molecule has 36 heavy (non-hydrogen) atoms. The number of methoxy groups -OCH3 is 1. The number of ether oxygens (including phenoxy) is 2. The monoisotopic (exact) mass is 486 g/mol. The van der Waals surface area contributed by atoms with E-state index in [4.69, 9.17) is 19.0 Å². The van der Waals surface area contributed by atoms with Gasteiger partial charge in [0.25, 0.3) is 5.91 Å². The van der Waals surface area contributed by atoms with Gasteiger partial charge in [-0.25, -0.2) is 4.68 Å². The summed E-state index contributed by atoms with van der Waals surface area (Å²) in [5.74, 6) is 2.12. The number of hydrogen-bond donors (Lipinski definition) is 1. The van der Waals surface area contributed by atoms with Crippen molar-refractivity contribution in [2.75, 3.05) is 40.0 Å². The Balaban J connectivity index is 1.46. The zero-order valence-corrected chi connectivity index (χ0v) is 20.5. The van der Waals surface area contributed by atoms with Crippen molar-refractivity contribution in [3.05, 3.63) is 90.0 Å². The van der Waals surface area contributed by atoms with E-state index in [1.165, 1.54) is 0 Å². The summed E-state index contributed by atoms with van der Waals surface area (Å²) in [6.45, 7) is 5.19. The van der Waals surface area contributed by atoms with Crippen LogP contribution in [0.1, 0.15) is 27.9 Å². The van der Waals surface area contributed by atoms with Crippen LogP contribution >= 0.6 is 0 Å². The first-order valence-electron chi connectivity index (χ1n) is 12.1. The first kappa shape index (κ1) is 23.8. The van der Waals surface area contributed by atoms with Crippen LogP contribution in [0, 0.1) is 6.92 Å². The number of aromatic nitrogens is 2. The Labute approximate surface area is 210 Å². The molecule has 0 radical (unpaired) electrons. The lowest BCUT2D eigenvalue weighted by atomic mass is 10.1. The van der Waals surface area contributed by atoms with Crippen molar-refractivity contribution in [1.82, 2.24) is 20.0 Å². The highest BCUT2D eigenvalue weighted by atomic mass is 16.5. The minimum absolute atomic E-state index is 0.0922. The summed E-state index contributed by atoms with van der Waals surface area (Å²) in [5.41, 5.74) is 2.65. The van der Waals surface area contributed by atoms with Gasteiger partial charge in [-0.15, -0.1) is 0 Å². The average molecular weight is 487 g/mol. The van der Waals surface area contributed by atoms with Crippen LogP contribution in [0.15, 0.2) is 77.3 Å². The van der Waals surface area contributed by atoms with Crippen LogP contribution in [-0.2, 0) is 4.74 Å². The van der Waals surface area contributed by atoms with Gasteiger partial charge in [-0.05, 0) is 43.3 Å². The molecule has 1 atom stereocenters. The number of hydrogen-bond acceptors (Lipinski definition) is 6. The lowest BCUT2D eigenvalue weighted by Crippen LogP contribution is -2.43. The Morgan fingerprint density at radius 2 is 1.81 bits per heavy atom. The second kappa shape index (κ2) is 10.8. The van der Waals surface area contributed by atoms with E-state index in [9.17, 15) is 4.79 Å². The Morgan fingerprint density at radius 3 is 2.53 bits per heavy atom. The highest BCUT2D eigenvalue weighted by Gasteiger charge is 2.27. The topological polar surface area (TPSA) is 81.8 Å². The smallest absolute Gasteiger partial charge is 0.255 e. The fourth-order valence-electron chi connectivity index (χ4n) is 4.51. The maximum atomic E-state index is 13.6. The molecule has 8 heteroatoms. The van der Waals surface area contributed by atoms with Crippen LogP contribution in [0.25, 0.3) is 16.9 Å². The molecule has 0 saturated carbocycles. The number of nitrogens with zero attached hydrogens (tertiary/aromatic N) is 3. The number of morpholine rings is 1. The van der Waals surface area contributed by atoms with E-state index in [2.05, 4.69) is 10.2 Å². The van der Waals surface area contributed by atoms with Gasteiger partial charge in [0.15, 0.2) is 0 Å². The Morgan fingerprint density at radius 1 is 1.06 bits per heavy atom. The molecule has 1 aliphatic heterocycles. The minimum atomic E-state index is -0.209. The third kappa shape index (κ3) is 5.05. The van der Waals surface area contributed by atoms with E-state index in [1.807, 2.05) is 73.7 Å². The van der Waals surface area contributed by atoms with Crippen molar-refractivity contribution >= 4 is 5.91 Å². The number of para-hydroxylation sites is 2. The van der Waals surface area contributed by atoms with Gasteiger partial charge in [0.1, 0.15) is 23.0 Å². The SMILES string of the molecule is COc1ccccc1-c1nn(-c2ccccc2)cc1C(=O)NCC(c1ccc(C)o1)N1CCOCC1. The molecule has 2 aromatic carbocycles. The van der Waals surface area contributed by atoms with Crippen LogP contribution in [-0.4, -0.2) is 60.5 Å². The van der Waals surface area contributed by atoms with Crippen molar-refractivity contribution in [2.24, 2.45) is 0 Å². The number of rotatable bonds is 8. The van der Waals surface area contributed by atoms with E-state index < -0.39 is 0 Å². The van der Waals surface area contributed by atoms with Gasteiger partial charge in [-0.2, -0.15) is 5.10 Å². The molecule has 0 bridgehead atoms. The van der Waals surface area contributed by atoms with Crippen LogP contribution < -0.4 is 10.1 Å². The van der Waals surface area contributed by atoms with E-state index in [0.29, 0.717) is 36.8 Å². The van der Waals surface area contributed by atoms with Gasteiger partial charge < -0.3 is 19.2 Å². The molecule has 186 valence electrons. The number of aryl methyl sites for hydroxylation is 1. The normalized spacial score (nSPS) is 14.9. The molecular formula is C28H30N4O4. The fourth-order valence-corrected chi connectivity index (χ4v) is 4.51. The third-order valence-electron chi connectivity index (χ3n) is 6.37. The highest BCUT2D eigenvalue weighted by Crippen LogP contribution is 2.32. The summed E-state index contributed by atoms with van der Waals surface area (Å²) in [4.78, 5) is 15.9. The third-order valence-corrected chi connectivity index (χ3v) is 6.37. The second-order valence-corrected chi connectivity index (χ2v) is 8.69. The summed E-state index contributed by atoms with van der Waals surface area (Å²) in [6.07, 6.45) is 1.77. The lowest BCUT2D eigenvalue weighted by Gasteiger charge is -2.33. The predicted molar refractivity (Wildman–Crippen MR) is 136 cm³/mol. The fraction of sp³-hybridized carbons (Fsp3) is 0.286. The maximum Gasteiger partial charge on any atom is 0.255 e. The molecule has 3 heterocycles. The molecule has 1 unspecified atom stereocenters. The van der Waals surface area contributed by atoms with Crippen LogP contribution in [0.2, 0.25) is 0 Å². The molecule has 0 aliphatic carbocycles. The van der Waals surface area contributed by atoms with Gasteiger partial charge in [0, 0.05) is 31.4 Å². The summed E-state index contributed by atoms with van der Waals surface area (Å²) >= 11 is 0. The van der Waals surface area contributed by atoms with Crippen LogP contribution in [0.5, 0.6) is 5.75 Å². The number of amides is 1. The van der Waals surface area contributed by atoms with E-state index in [0.717, 1.165) is 35.9 Å². The van der Waals surface area contributed by atoms with Crippen LogP contribution in [0.3, 0.4) is 0 Å². The molecular weight excluding hydrogens is 456 g/mol. The number of carbonyl (C=O) groups excluding carboxylic acids is 1. The van der Waals surface area contributed by atoms with Gasteiger partial charge in [-0.3, -0.25) is 9.69 Å². The molecule has 1 amide bonds. The Kier molecular flexibility index (Phi) is 7.16. The summed E-state index contributed by atoms with van der Waals surface area (Å²) in [6, 6.07) is 21.2. The van der Waals surface area contributed by atoms with Crippen molar-refractivity contribution in [3.63, 3.8) is 0 Å². The predicted octanol–water partition coefficient (Wildman–Crippen LogP) is 4.25. The zero-order chi connectivity index (χ0) is 24.9.